The van der Waals surface area contributed by atoms with E-state index in [0.717, 1.165) is 0 Å². The predicted molar refractivity (Wildman–Crippen MR) is 86.6 cm³/mol. The van der Waals surface area contributed by atoms with Crippen LogP contribution in [0, 0.1) is 5.82 Å². The SMILES string of the molecule is COc1ccc(C2=NC(=Cc3cccc(F)c3)C(=O)O2)cc1OC. The number of hydrogen-bond acceptors (Lipinski definition) is 5. The summed E-state index contributed by atoms with van der Waals surface area (Å²) in [6.45, 7) is 0. The lowest BCUT2D eigenvalue weighted by molar-refractivity contribution is -0.129. The molecule has 0 saturated carbocycles. The van der Waals surface area contributed by atoms with Crippen LogP contribution in [0.1, 0.15) is 11.1 Å². The normalized spacial score (nSPS) is 15.2. The highest BCUT2D eigenvalue weighted by Crippen LogP contribution is 2.29. The highest BCUT2D eigenvalue weighted by atomic mass is 19.1. The minimum atomic E-state index is -0.593. The Kier molecular flexibility index (Phi) is 4.29. The molecule has 0 aliphatic carbocycles. The fraction of sp³-hybridized carbons (Fsp3) is 0.111. The van der Waals surface area contributed by atoms with Crippen LogP contribution in [-0.2, 0) is 9.53 Å². The maximum Gasteiger partial charge on any atom is 0.363 e. The fourth-order valence-electron chi connectivity index (χ4n) is 2.26. The molecule has 0 bridgehead atoms. The Bertz CT molecular complexity index is 858. The van der Waals surface area contributed by atoms with E-state index < -0.39 is 5.97 Å². The molecule has 0 N–H and O–H groups in total. The van der Waals surface area contributed by atoms with Gasteiger partial charge in [0.25, 0.3) is 0 Å². The van der Waals surface area contributed by atoms with Gasteiger partial charge in [0.05, 0.1) is 14.2 Å². The van der Waals surface area contributed by atoms with Gasteiger partial charge in [0.1, 0.15) is 5.82 Å². The Labute approximate surface area is 138 Å². The number of nitrogens with zero attached hydrogens (tertiary/aromatic N) is 1. The smallest absolute Gasteiger partial charge is 0.363 e. The second-order valence-corrected chi connectivity index (χ2v) is 4.96. The summed E-state index contributed by atoms with van der Waals surface area (Å²) in [5.74, 6) is 0.227. The second kappa shape index (κ2) is 6.54. The summed E-state index contributed by atoms with van der Waals surface area (Å²) >= 11 is 0. The van der Waals surface area contributed by atoms with Crippen molar-refractivity contribution in [2.75, 3.05) is 14.2 Å². The predicted octanol–water partition coefficient (Wildman–Crippen LogP) is 3.19. The number of hydrogen-bond donors (Lipinski definition) is 0. The second-order valence-electron chi connectivity index (χ2n) is 4.96. The number of ether oxygens (including phenoxy) is 3. The molecule has 6 heteroatoms. The zero-order chi connectivity index (χ0) is 17.1. The molecule has 0 atom stereocenters. The Morgan fingerprint density at radius 2 is 1.88 bits per heavy atom. The standard InChI is InChI=1S/C18H14FNO4/c1-22-15-7-6-12(10-16(15)23-2)17-20-14(18(21)24-17)9-11-4-3-5-13(19)8-11/h3-10H,1-2H3. The molecule has 24 heavy (non-hydrogen) atoms. The summed E-state index contributed by atoms with van der Waals surface area (Å²) in [6.07, 6.45) is 1.47. The molecule has 1 aliphatic heterocycles. The van der Waals surface area contributed by atoms with Crippen LogP contribution in [0.25, 0.3) is 6.08 Å². The van der Waals surface area contributed by atoms with Gasteiger partial charge in [0.15, 0.2) is 17.2 Å². The molecule has 0 amide bonds. The van der Waals surface area contributed by atoms with Crippen molar-refractivity contribution in [3.63, 3.8) is 0 Å². The van der Waals surface area contributed by atoms with Crippen LogP contribution >= 0.6 is 0 Å². The van der Waals surface area contributed by atoms with Gasteiger partial charge in [-0.15, -0.1) is 0 Å². The lowest BCUT2D eigenvalue weighted by Crippen LogP contribution is -2.06. The molecule has 0 saturated heterocycles. The van der Waals surface area contributed by atoms with E-state index in [4.69, 9.17) is 14.2 Å². The van der Waals surface area contributed by atoms with E-state index in [1.54, 1.807) is 30.3 Å². The van der Waals surface area contributed by atoms with Crippen molar-refractivity contribution in [2.24, 2.45) is 4.99 Å². The van der Waals surface area contributed by atoms with Gasteiger partial charge in [-0.3, -0.25) is 0 Å². The minimum absolute atomic E-state index is 0.102. The van der Waals surface area contributed by atoms with Crippen molar-refractivity contribution in [2.45, 2.75) is 0 Å². The number of aliphatic imine (C=N–C) groups is 1. The lowest BCUT2D eigenvalue weighted by atomic mass is 10.2. The van der Waals surface area contributed by atoms with Crippen LogP contribution in [0.5, 0.6) is 11.5 Å². The van der Waals surface area contributed by atoms with Gasteiger partial charge in [-0.2, -0.15) is 0 Å². The zero-order valence-corrected chi connectivity index (χ0v) is 13.1. The largest absolute Gasteiger partial charge is 0.493 e. The van der Waals surface area contributed by atoms with E-state index >= 15 is 0 Å². The Morgan fingerprint density at radius 1 is 1.08 bits per heavy atom. The molecule has 3 rings (SSSR count). The molecule has 0 radical (unpaired) electrons. The van der Waals surface area contributed by atoms with E-state index in [-0.39, 0.29) is 17.4 Å². The monoisotopic (exact) mass is 327 g/mol. The molecular weight excluding hydrogens is 313 g/mol. The summed E-state index contributed by atoms with van der Waals surface area (Å²) in [4.78, 5) is 16.2. The van der Waals surface area contributed by atoms with E-state index in [1.807, 2.05) is 0 Å². The zero-order valence-electron chi connectivity index (χ0n) is 13.1. The van der Waals surface area contributed by atoms with Crippen molar-refractivity contribution in [3.05, 3.63) is 65.1 Å². The van der Waals surface area contributed by atoms with Crippen LogP contribution < -0.4 is 9.47 Å². The third kappa shape index (κ3) is 3.12. The van der Waals surface area contributed by atoms with E-state index in [0.29, 0.717) is 22.6 Å². The summed E-state index contributed by atoms with van der Waals surface area (Å²) in [7, 11) is 3.05. The van der Waals surface area contributed by atoms with Crippen LogP contribution in [0.4, 0.5) is 4.39 Å². The van der Waals surface area contributed by atoms with Crippen molar-refractivity contribution in [1.29, 1.82) is 0 Å². The van der Waals surface area contributed by atoms with Gasteiger partial charge in [-0.05, 0) is 42.0 Å². The van der Waals surface area contributed by atoms with Gasteiger partial charge >= 0.3 is 5.97 Å². The van der Waals surface area contributed by atoms with Gasteiger partial charge in [0.2, 0.25) is 5.90 Å². The fourth-order valence-corrected chi connectivity index (χ4v) is 2.26. The number of halogens is 1. The molecule has 2 aromatic rings. The molecule has 2 aromatic carbocycles. The molecule has 1 aliphatic rings. The van der Waals surface area contributed by atoms with Crippen LogP contribution in [-0.4, -0.2) is 26.1 Å². The van der Waals surface area contributed by atoms with Gasteiger partial charge in [-0.1, -0.05) is 12.1 Å². The quantitative estimate of drug-likeness (QED) is 0.639. The van der Waals surface area contributed by atoms with Gasteiger partial charge in [-0.25, -0.2) is 14.2 Å². The first kappa shape index (κ1) is 15.7. The third-order valence-electron chi connectivity index (χ3n) is 3.40. The van der Waals surface area contributed by atoms with E-state index in [9.17, 15) is 9.18 Å². The lowest BCUT2D eigenvalue weighted by Gasteiger charge is -2.08. The molecule has 0 aromatic heterocycles. The molecule has 0 fully saturated rings. The number of rotatable bonds is 4. The summed E-state index contributed by atoms with van der Waals surface area (Å²) in [6, 6.07) is 10.9. The molecule has 122 valence electrons. The molecule has 1 heterocycles. The topological polar surface area (TPSA) is 57.1 Å². The molecule has 0 unspecified atom stereocenters. The maximum atomic E-state index is 13.2. The number of carbonyl (C=O) groups excluding carboxylic acids is 1. The third-order valence-corrected chi connectivity index (χ3v) is 3.40. The average Bonchev–Trinajstić information content (AvgIpc) is 2.95. The number of cyclic esters (lactones) is 1. The van der Waals surface area contributed by atoms with Crippen molar-refractivity contribution >= 4 is 17.9 Å². The van der Waals surface area contributed by atoms with Gasteiger partial charge in [0, 0.05) is 5.56 Å². The summed E-state index contributed by atoms with van der Waals surface area (Å²) in [5.41, 5.74) is 1.20. The highest BCUT2D eigenvalue weighted by molar-refractivity contribution is 6.13. The number of carbonyl (C=O) groups is 1. The first-order chi connectivity index (χ1) is 11.6. The number of methoxy groups -OCH3 is 2. The molecule has 5 nitrogen and oxygen atoms in total. The summed E-state index contributed by atoms with van der Waals surface area (Å²) in [5, 5.41) is 0. The van der Waals surface area contributed by atoms with Crippen molar-refractivity contribution in [3.8, 4) is 11.5 Å². The molecule has 0 spiro atoms. The maximum absolute atomic E-state index is 13.2. The van der Waals surface area contributed by atoms with Crippen LogP contribution in [0.15, 0.2) is 53.2 Å². The summed E-state index contributed by atoms with van der Waals surface area (Å²) < 4.78 is 28.8. The molecular formula is C18H14FNO4. The first-order valence-corrected chi connectivity index (χ1v) is 7.11. The van der Waals surface area contributed by atoms with Crippen molar-refractivity contribution < 1.29 is 23.4 Å². The van der Waals surface area contributed by atoms with E-state index in [1.165, 1.54) is 32.4 Å². The highest BCUT2D eigenvalue weighted by Gasteiger charge is 2.25. The first-order valence-electron chi connectivity index (χ1n) is 7.11. The van der Waals surface area contributed by atoms with Crippen LogP contribution in [0.2, 0.25) is 0 Å². The minimum Gasteiger partial charge on any atom is -0.493 e. The number of benzene rings is 2. The van der Waals surface area contributed by atoms with Crippen molar-refractivity contribution in [1.82, 2.24) is 0 Å². The Balaban J connectivity index is 1.94. The average molecular weight is 327 g/mol. The Hall–Kier alpha value is -3.15. The van der Waals surface area contributed by atoms with E-state index in [2.05, 4.69) is 4.99 Å². The number of esters is 1. The van der Waals surface area contributed by atoms with Crippen LogP contribution in [0.3, 0.4) is 0 Å². The Morgan fingerprint density at radius 3 is 2.58 bits per heavy atom. The van der Waals surface area contributed by atoms with Gasteiger partial charge < -0.3 is 14.2 Å².